The molecule has 1 saturated carbocycles. The van der Waals surface area contributed by atoms with Gasteiger partial charge in [-0.05, 0) is 33.7 Å². The third-order valence-corrected chi connectivity index (χ3v) is 6.42. The van der Waals surface area contributed by atoms with Gasteiger partial charge in [0.15, 0.2) is 9.34 Å². The van der Waals surface area contributed by atoms with Crippen LogP contribution in [0.4, 0.5) is 5.13 Å². The van der Waals surface area contributed by atoms with Crippen LogP contribution in [0.15, 0.2) is 4.21 Å². The molecule has 1 aliphatic carbocycles. The predicted octanol–water partition coefficient (Wildman–Crippen LogP) is 0.795. The first-order valence-corrected chi connectivity index (χ1v) is 8.55. The number of hydrogen-bond donors (Lipinski definition) is 2. The first kappa shape index (κ1) is 14.7. The second-order valence-electron chi connectivity index (χ2n) is 5.02. The zero-order valence-electron chi connectivity index (χ0n) is 11.4. The lowest BCUT2D eigenvalue weighted by Gasteiger charge is -2.24. The Kier molecular flexibility index (Phi) is 4.14. The van der Waals surface area contributed by atoms with E-state index >= 15 is 0 Å². The molecule has 1 fully saturated rings. The van der Waals surface area contributed by atoms with E-state index in [2.05, 4.69) is 14.6 Å². The van der Waals surface area contributed by atoms with Crippen molar-refractivity contribution in [2.75, 3.05) is 19.3 Å². The molecule has 0 aliphatic heterocycles. The zero-order chi connectivity index (χ0) is 14.2. The highest BCUT2D eigenvalue weighted by atomic mass is 32.2. The quantitative estimate of drug-likeness (QED) is 0.811. The third-order valence-electron chi connectivity index (χ3n) is 3.40. The molecule has 1 aromatic rings. The van der Waals surface area contributed by atoms with Gasteiger partial charge in [0.1, 0.15) is 0 Å². The second kappa shape index (κ2) is 5.35. The van der Waals surface area contributed by atoms with E-state index in [4.69, 9.17) is 5.73 Å². The smallest absolute Gasteiger partial charge is 0.252 e. The van der Waals surface area contributed by atoms with E-state index in [0.29, 0.717) is 18.3 Å². The summed E-state index contributed by atoms with van der Waals surface area (Å²) in [6.45, 7) is 4.07. The number of aryl methyl sites for hydroxylation is 1. The van der Waals surface area contributed by atoms with Crippen molar-refractivity contribution < 1.29 is 8.42 Å². The number of rotatable bonds is 6. The topological polar surface area (TPSA) is 88.3 Å². The van der Waals surface area contributed by atoms with Gasteiger partial charge in [-0.2, -0.15) is 0 Å². The largest absolute Gasteiger partial charge is 0.375 e. The summed E-state index contributed by atoms with van der Waals surface area (Å²) in [6.07, 6.45) is 2.41. The molecule has 1 heterocycles. The first-order chi connectivity index (χ1) is 8.81. The number of nitrogens with two attached hydrogens (primary N) is 1. The third kappa shape index (κ3) is 3.44. The first-order valence-electron chi connectivity index (χ1n) is 6.25. The summed E-state index contributed by atoms with van der Waals surface area (Å²) in [5.41, 5.74) is 5.99. The van der Waals surface area contributed by atoms with Crippen LogP contribution in [0.5, 0.6) is 0 Å². The molecule has 0 bridgehead atoms. The van der Waals surface area contributed by atoms with Crippen molar-refractivity contribution in [1.29, 1.82) is 0 Å². The molecular formula is C11H20N4O2S2. The van der Waals surface area contributed by atoms with Crippen LogP contribution in [0.25, 0.3) is 0 Å². The molecule has 3 N–H and O–H groups in total. The maximum Gasteiger partial charge on any atom is 0.252 e. The van der Waals surface area contributed by atoms with Crippen LogP contribution in [0.2, 0.25) is 0 Å². The van der Waals surface area contributed by atoms with Gasteiger partial charge in [0.05, 0.1) is 5.69 Å². The monoisotopic (exact) mass is 304 g/mol. The van der Waals surface area contributed by atoms with Crippen LogP contribution in [0.3, 0.4) is 0 Å². The van der Waals surface area contributed by atoms with E-state index in [1.165, 1.54) is 12.8 Å². The fraction of sp³-hybridized carbons (Fsp3) is 0.727. The molecule has 2 rings (SSSR count). The van der Waals surface area contributed by atoms with E-state index in [0.717, 1.165) is 11.3 Å². The lowest BCUT2D eigenvalue weighted by Crippen LogP contribution is -2.41. The normalized spacial score (nSPS) is 17.9. The van der Waals surface area contributed by atoms with Gasteiger partial charge < -0.3 is 5.73 Å². The van der Waals surface area contributed by atoms with E-state index in [9.17, 15) is 8.42 Å². The average molecular weight is 304 g/mol. The van der Waals surface area contributed by atoms with Crippen LogP contribution in [0.1, 0.15) is 25.5 Å². The lowest BCUT2D eigenvalue weighted by molar-refractivity contribution is 0.248. The number of sulfonamides is 1. The molecule has 1 aromatic heterocycles. The van der Waals surface area contributed by atoms with Gasteiger partial charge in [-0.15, -0.1) is 0 Å². The summed E-state index contributed by atoms with van der Waals surface area (Å²) in [4.78, 5) is 6.16. The van der Waals surface area contributed by atoms with Crippen molar-refractivity contribution in [1.82, 2.24) is 14.6 Å². The molecule has 0 radical (unpaired) electrons. The van der Waals surface area contributed by atoms with Crippen LogP contribution >= 0.6 is 11.3 Å². The van der Waals surface area contributed by atoms with Crippen molar-refractivity contribution in [3.05, 3.63) is 5.69 Å². The molecule has 6 nitrogen and oxygen atoms in total. The number of nitrogens with zero attached hydrogens (tertiary/aromatic N) is 2. The number of likely N-dealkylation sites (N-methyl/N-ethyl adjacent to an activating group) is 1. The number of hydrogen-bond acceptors (Lipinski definition) is 6. The van der Waals surface area contributed by atoms with Crippen LogP contribution in [-0.4, -0.2) is 44.0 Å². The van der Waals surface area contributed by atoms with Gasteiger partial charge in [-0.1, -0.05) is 11.3 Å². The number of anilines is 1. The van der Waals surface area contributed by atoms with Crippen LogP contribution in [-0.2, 0) is 10.0 Å². The minimum absolute atomic E-state index is 0.174. The molecule has 0 spiro atoms. The van der Waals surface area contributed by atoms with Gasteiger partial charge in [0.2, 0.25) is 0 Å². The number of thiazole rings is 1. The van der Waals surface area contributed by atoms with Gasteiger partial charge in [-0.3, -0.25) is 4.90 Å². The Balaban J connectivity index is 1.99. The molecule has 19 heavy (non-hydrogen) atoms. The minimum Gasteiger partial charge on any atom is -0.375 e. The molecule has 8 heteroatoms. The van der Waals surface area contributed by atoms with Crippen molar-refractivity contribution in [2.45, 2.75) is 43.0 Å². The summed E-state index contributed by atoms with van der Waals surface area (Å²) in [6, 6.07) is 0.785. The Morgan fingerprint density at radius 3 is 2.68 bits per heavy atom. The molecule has 1 aliphatic rings. The molecule has 108 valence electrons. The lowest BCUT2D eigenvalue weighted by atomic mass is 10.3. The van der Waals surface area contributed by atoms with Crippen molar-refractivity contribution in [3.8, 4) is 0 Å². The summed E-state index contributed by atoms with van der Waals surface area (Å²) < 4.78 is 27.2. The number of nitrogen functional groups attached to an aromatic ring is 1. The number of aromatic nitrogens is 1. The van der Waals surface area contributed by atoms with E-state index in [1.54, 1.807) is 6.92 Å². The molecule has 1 unspecified atom stereocenters. The Labute approximate surface area is 118 Å². The van der Waals surface area contributed by atoms with Gasteiger partial charge >= 0.3 is 0 Å². The fourth-order valence-corrected chi connectivity index (χ4v) is 4.40. The molecular weight excluding hydrogens is 284 g/mol. The van der Waals surface area contributed by atoms with Crippen molar-refractivity contribution in [3.63, 3.8) is 0 Å². The van der Waals surface area contributed by atoms with Gasteiger partial charge in [-0.25, -0.2) is 18.1 Å². The summed E-state index contributed by atoms with van der Waals surface area (Å²) in [5.74, 6) is 0. The zero-order valence-corrected chi connectivity index (χ0v) is 13.0. The van der Waals surface area contributed by atoms with E-state index in [-0.39, 0.29) is 15.4 Å². The minimum atomic E-state index is -3.50. The molecule has 0 aromatic carbocycles. The predicted molar refractivity (Wildman–Crippen MR) is 76.7 cm³/mol. The standard InChI is InChI=1S/C11H20N4O2S2/c1-7(15(3)9-4-5-9)6-13-19(16,17)10-8(2)14-11(12)18-10/h7,9,13H,4-6H2,1-3H3,(H2,12,14). The summed E-state index contributed by atoms with van der Waals surface area (Å²) in [7, 11) is -1.47. The SMILES string of the molecule is Cc1nc(N)sc1S(=O)(=O)NCC(C)N(C)C1CC1. The van der Waals surface area contributed by atoms with Crippen LogP contribution in [0, 0.1) is 6.92 Å². The van der Waals surface area contributed by atoms with Gasteiger partial charge in [0, 0.05) is 18.6 Å². The van der Waals surface area contributed by atoms with Gasteiger partial charge in [0.25, 0.3) is 10.0 Å². The Morgan fingerprint density at radius 2 is 2.21 bits per heavy atom. The maximum atomic E-state index is 12.2. The summed E-state index contributed by atoms with van der Waals surface area (Å²) in [5, 5.41) is 0.279. The van der Waals surface area contributed by atoms with E-state index < -0.39 is 10.0 Å². The Bertz CT molecular complexity index is 551. The molecule has 0 saturated heterocycles. The van der Waals surface area contributed by atoms with Crippen molar-refractivity contribution >= 4 is 26.5 Å². The average Bonchev–Trinajstić information content (AvgIpc) is 3.11. The summed E-state index contributed by atoms with van der Waals surface area (Å²) >= 11 is 1.00. The Hall–Kier alpha value is -0.700. The highest BCUT2D eigenvalue weighted by Crippen LogP contribution is 2.27. The molecule has 0 amide bonds. The fourth-order valence-electron chi connectivity index (χ4n) is 1.93. The van der Waals surface area contributed by atoms with Crippen molar-refractivity contribution in [2.24, 2.45) is 0 Å². The van der Waals surface area contributed by atoms with E-state index in [1.807, 2.05) is 14.0 Å². The second-order valence-corrected chi connectivity index (χ2v) is 8.02. The number of nitrogens with one attached hydrogen (secondary N) is 1. The maximum absolute atomic E-state index is 12.2. The highest BCUT2D eigenvalue weighted by Gasteiger charge is 2.30. The molecule has 1 atom stereocenters. The highest BCUT2D eigenvalue weighted by molar-refractivity contribution is 7.91. The Morgan fingerprint density at radius 1 is 1.58 bits per heavy atom. The van der Waals surface area contributed by atoms with Crippen LogP contribution < -0.4 is 10.5 Å².